The summed E-state index contributed by atoms with van der Waals surface area (Å²) in [4.78, 5) is 23.5. The van der Waals surface area contributed by atoms with E-state index in [-0.39, 0.29) is 17.4 Å². The van der Waals surface area contributed by atoms with Gasteiger partial charge in [0.15, 0.2) is 5.65 Å². The van der Waals surface area contributed by atoms with E-state index in [0.717, 1.165) is 29.9 Å². The Morgan fingerprint density at radius 3 is 2.53 bits per heavy atom. The lowest BCUT2D eigenvalue weighted by molar-refractivity contribution is -0.126. The fraction of sp³-hybridized carbons (Fsp3) is 0.333. The predicted octanol–water partition coefficient (Wildman–Crippen LogP) is 5.88. The first-order valence-corrected chi connectivity index (χ1v) is 13.0. The maximum absolute atomic E-state index is 12.7. The fourth-order valence-electron chi connectivity index (χ4n) is 5.22. The van der Waals surface area contributed by atoms with Crippen molar-refractivity contribution in [1.29, 1.82) is 0 Å². The van der Waals surface area contributed by atoms with Crippen molar-refractivity contribution >= 4 is 22.8 Å². The van der Waals surface area contributed by atoms with Crippen molar-refractivity contribution in [2.75, 3.05) is 18.8 Å². The quantitative estimate of drug-likeness (QED) is 0.325. The average Bonchev–Trinajstić information content (AvgIpc) is 3.22. The molecular formula is C30H34N6O2. The van der Waals surface area contributed by atoms with E-state index in [1.807, 2.05) is 64.2 Å². The predicted molar refractivity (Wildman–Crippen MR) is 150 cm³/mol. The summed E-state index contributed by atoms with van der Waals surface area (Å²) in [5.74, 6) is 2.24. The standard InChI is InChI=1S/C30H34N6O2/c1-5-25(37)35-16-15-30(4,20(2)3)17-22(18-35)36-29-26(28(31)32-19-33-29)27(34-36)21-11-13-24(14-12-21)38-23-9-7-6-8-10-23/h5-14,19-20,22H,1,15-18H2,2-4H3,(H2,31,32,33). The van der Waals surface area contributed by atoms with Gasteiger partial charge in [0, 0.05) is 18.7 Å². The Balaban J connectivity index is 1.56. The molecule has 0 spiro atoms. The van der Waals surface area contributed by atoms with Crippen LogP contribution in [0.4, 0.5) is 5.82 Å². The molecule has 1 amide bonds. The molecular weight excluding hydrogens is 476 g/mol. The first kappa shape index (κ1) is 25.4. The molecule has 1 fully saturated rings. The summed E-state index contributed by atoms with van der Waals surface area (Å²) >= 11 is 0. The largest absolute Gasteiger partial charge is 0.457 e. The number of likely N-dealkylation sites (tertiary alicyclic amines) is 1. The second kappa shape index (κ2) is 10.3. The van der Waals surface area contributed by atoms with Gasteiger partial charge < -0.3 is 15.4 Å². The molecule has 38 heavy (non-hydrogen) atoms. The van der Waals surface area contributed by atoms with E-state index in [9.17, 15) is 4.79 Å². The maximum Gasteiger partial charge on any atom is 0.246 e. The van der Waals surface area contributed by atoms with Crippen LogP contribution in [0.25, 0.3) is 22.3 Å². The average molecular weight is 511 g/mol. The van der Waals surface area contributed by atoms with Crippen molar-refractivity contribution in [1.82, 2.24) is 24.6 Å². The number of nitrogens with two attached hydrogens (primary N) is 1. The van der Waals surface area contributed by atoms with E-state index in [4.69, 9.17) is 15.6 Å². The molecule has 2 unspecified atom stereocenters. The number of nitrogens with zero attached hydrogens (tertiary/aromatic N) is 5. The highest BCUT2D eigenvalue weighted by Gasteiger charge is 2.38. The van der Waals surface area contributed by atoms with E-state index < -0.39 is 0 Å². The van der Waals surface area contributed by atoms with Crippen LogP contribution in [-0.2, 0) is 4.79 Å². The zero-order chi connectivity index (χ0) is 26.9. The van der Waals surface area contributed by atoms with Crippen LogP contribution < -0.4 is 10.5 Å². The van der Waals surface area contributed by atoms with E-state index >= 15 is 0 Å². The number of rotatable bonds is 6. The van der Waals surface area contributed by atoms with Crippen LogP contribution in [0, 0.1) is 11.3 Å². The van der Waals surface area contributed by atoms with Crippen LogP contribution in [0.5, 0.6) is 11.5 Å². The molecule has 0 saturated carbocycles. The van der Waals surface area contributed by atoms with Gasteiger partial charge in [0.2, 0.25) is 5.91 Å². The Kier molecular flexibility index (Phi) is 6.89. The minimum atomic E-state index is -0.0833. The number of ether oxygens (including phenoxy) is 1. The van der Waals surface area contributed by atoms with Gasteiger partial charge in [-0.3, -0.25) is 4.79 Å². The first-order chi connectivity index (χ1) is 18.3. The summed E-state index contributed by atoms with van der Waals surface area (Å²) in [6.07, 6.45) is 4.63. The molecule has 4 aromatic rings. The smallest absolute Gasteiger partial charge is 0.246 e. The SMILES string of the molecule is C=CC(=O)N1CCC(C)(C(C)C)CC(n2nc(-c3ccc(Oc4ccccc4)cc3)c3c(N)ncnc32)C1. The number of nitrogen functional groups attached to an aromatic ring is 1. The van der Waals surface area contributed by atoms with Crippen molar-refractivity contribution in [3.63, 3.8) is 0 Å². The summed E-state index contributed by atoms with van der Waals surface area (Å²) in [5, 5.41) is 5.78. The van der Waals surface area contributed by atoms with Gasteiger partial charge in [-0.15, -0.1) is 0 Å². The summed E-state index contributed by atoms with van der Waals surface area (Å²) in [6.45, 7) is 11.7. The highest BCUT2D eigenvalue weighted by atomic mass is 16.5. The number of amides is 1. The molecule has 2 aromatic heterocycles. The summed E-state index contributed by atoms with van der Waals surface area (Å²) in [6, 6.07) is 17.3. The third-order valence-corrected chi connectivity index (χ3v) is 7.94. The number of carbonyl (C=O) groups excluding carboxylic acids is 1. The number of aromatic nitrogens is 4. The van der Waals surface area contributed by atoms with Gasteiger partial charge in [-0.25, -0.2) is 14.6 Å². The molecule has 0 aliphatic carbocycles. The van der Waals surface area contributed by atoms with Gasteiger partial charge in [0.25, 0.3) is 0 Å². The van der Waals surface area contributed by atoms with Crippen LogP contribution in [0.2, 0.25) is 0 Å². The fourth-order valence-corrected chi connectivity index (χ4v) is 5.22. The monoisotopic (exact) mass is 510 g/mol. The highest BCUT2D eigenvalue weighted by molar-refractivity contribution is 5.98. The van der Waals surface area contributed by atoms with E-state index in [1.165, 1.54) is 12.4 Å². The molecule has 1 saturated heterocycles. The molecule has 0 radical (unpaired) electrons. The van der Waals surface area contributed by atoms with Crippen LogP contribution in [0.1, 0.15) is 39.7 Å². The Bertz CT molecular complexity index is 1450. The third-order valence-electron chi connectivity index (χ3n) is 7.94. The molecule has 8 nitrogen and oxygen atoms in total. The van der Waals surface area contributed by atoms with Crippen molar-refractivity contribution in [3.05, 3.63) is 73.6 Å². The van der Waals surface area contributed by atoms with Crippen LogP contribution in [0.3, 0.4) is 0 Å². The van der Waals surface area contributed by atoms with Gasteiger partial charge in [0.05, 0.1) is 11.4 Å². The molecule has 5 rings (SSSR count). The van der Waals surface area contributed by atoms with Gasteiger partial charge in [-0.1, -0.05) is 45.5 Å². The zero-order valence-electron chi connectivity index (χ0n) is 22.2. The van der Waals surface area contributed by atoms with Crippen LogP contribution in [-0.4, -0.2) is 43.6 Å². The molecule has 8 heteroatoms. The molecule has 3 heterocycles. The maximum atomic E-state index is 12.7. The van der Waals surface area contributed by atoms with E-state index in [1.54, 1.807) is 0 Å². The molecule has 1 aliphatic rings. The van der Waals surface area contributed by atoms with Crippen molar-refractivity contribution in [2.24, 2.45) is 11.3 Å². The molecule has 0 bridgehead atoms. The second-order valence-corrected chi connectivity index (χ2v) is 10.6. The van der Waals surface area contributed by atoms with Crippen molar-refractivity contribution < 1.29 is 9.53 Å². The number of carbonyl (C=O) groups is 1. The van der Waals surface area contributed by atoms with E-state index in [0.29, 0.717) is 41.6 Å². The Morgan fingerprint density at radius 2 is 1.84 bits per heavy atom. The minimum Gasteiger partial charge on any atom is -0.457 e. The molecule has 1 aliphatic heterocycles. The highest BCUT2D eigenvalue weighted by Crippen LogP contribution is 2.43. The normalized spacial score (nSPS) is 19.9. The number of anilines is 1. The number of hydrogen-bond donors (Lipinski definition) is 1. The second-order valence-electron chi connectivity index (χ2n) is 10.6. The number of hydrogen-bond acceptors (Lipinski definition) is 6. The lowest BCUT2D eigenvalue weighted by atomic mass is 9.72. The Morgan fingerprint density at radius 1 is 1.13 bits per heavy atom. The van der Waals surface area contributed by atoms with Gasteiger partial charge in [-0.2, -0.15) is 5.10 Å². The third kappa shape index (κ3) is 4.86. The lowest BCUT2D eigenvalue weighted by Crippen LogP contribution is -2.34. The van der Waals surface area contributed by atoms with Crippen LogP contribution >= 0.6 is 0 Å². The Labute approximate surface area is 223 Å². The van der Waals surface area contributed by atoms with Crippen molar-refractivity contribution in [2.45, 2.75) is 39.7 Å². The van der Waals surface area contributed by atoms with Crippen LogP contribution in [0.15, 0.2) is 73.6 Å². The molecule has 2 atom stereocenters. The van der Waals surface area contributed by atoms with Gasteiger partial charge in [-0.05, 0) is 66.6 Å². The Hall–Kier alpha value is -4.20. The zero-order valence-corrected chi connectivity index (χ0v) is 22.2. The van der Waals surface area contributed by atoms with Gasteiger partial charge in [0.1, 0.15) is 29.3 Å². The molecule has 2 aromatic carbocycles. The van der Waals surface area contributed by atoms with Gasteiger partial charge >= 0.3 is 0 Å². The summed E-state index contributed by atoms with van der Waals surface area (Å²) < 4.78 is 7.92. The van der Waals surface area contributed by atoms with E-state index in [2.05, 4.69) is 37.3 Å². The number of fused-ring (bicyclic) bond motifs is 1. The number of para-hydroxylation sites is 1. The topological polar surface area (TPSA) is 99.2 Å². The summed E-state index contributed by atoms with van der Waals surface area (Å²) in [5.41, 5.74) is 8.68. The molecule has 196 valence electrons. The molecule has 2 N–H and O–H groups in total. The summed E-state index contributed by atoms with van der Waals surface area (Å²) in [7, 11) is 0. The van der Waals surface area contributed by atoms with Crippen molar-refractivity contribution in [3.8, 4) is 22.8 Å². The first-order valence-electron chi connectivity index (χ1n) is 13.0. The minimum absolute atomic E-state index is 0.0221. The number of benzene rings is 2. The lowest BCUT2D eigenvalue weighted by Gasteiger charge is -2.34.